The van der Waals surface area contributed by atoms with E-state index in [1.54, 1.807) is 31.4 Å². The monoisotopic (exact) mass is 377 g/mol. The maximum Gasteiger partial charge on any atom is 0.250 e. The van der Waals surface area contributed by atoms with Crippen molar-refractivity contribution in [2.45, 2.75) is 10.3 Å². The van der Waals surface area contributed by atoms with E-state index in [1.165, 1.54) is 12.1 Å². The first kappa shape index (κ1) is 18.0. The molecule has 1 heterocycles. The normalized spacial score (nSPS) is 12.8. The zero-order valence-electron chi connectivity index (χ0n) is 12.2. The Kier molecular flexibility index (Phi) is 6.25. The molecule has 0 bridgehead atoms. The van der Waals surface area contributed by atoms with Crippen molar-refractivity contribution >= 4 is 33.0 Å². The third kappa shape index (κ3) is 5.36. The van der Waals surface area contributed by atoms with Crippen molar-refractivity contribution < 1.29 is 23.0 Å². The number of thiophene rings is 1. The Hall–Kier alpha value is -1.32. The molecule has 6 nitrogen and oxygen atoms in total. The SMILES string of the molecule is COc1ccc(OCC(O)CNS(=O)(=O)c2ccc(Cl)s2)cc1. The third-order valence-electron chi connectivity index (χ3n) is 2.82. The van der Waals surface area contributed by atoms with Crippen LogP contribution in [0, 0.1) is 0 Å². The number of rotatable bonds is 8. The average molecular weight is 378 g/mol. The molecule has 0 saturated carbocycles. The number of ether oxygens (including phenoxy) is 2. The van der Waals surface area contributed by atoms with Crippen LogP contribution in [0.1, 0.15) is 0 Å². The molecule has 0 saturated heterocycles. The second-order valence-corrected chi connectivity index (χ2v) is 8.26. The highest BCUT2D eigenvalue weighted by atomic mass is 35.5. The molecule has 1 atom stereocenters. The van der Waals surface area contributed by atoms with Gasteiger partial charge in [0.15, 0.2) is 0 Å². The van der Waals surface area contributed by atoms with E-state index in [1.807, 2.05) is 0 Å². The molecular formula is C14H16ClNO5S2. The van der Waals surface area contributed by atoms with Crippen molar-refractivity contribution in [2.75, 3.05) is 20.3 Å². The van der Waals surface area contributed by atoms with Gasteiger partial charge in [0, 0.05) is 6.54 Å². The first-order chi connectivity index (χ1) is 10.9. The van der Waals surface area contributed by atoms with E-state index < -0.39 is 16.1 Å². The van der Waals surface area contributed by atoms with E-state index in [4.69, 9.17) is 21.1 Å². The predicted octanol–water partition coefficient (Wildman–Crippen LogP) is 2.13. The minimum Gasteiger partial charge on any atom is -0.497 e. The fourth-order valence-electron chi connectivity index (χ4n) is 1.64. The zero-order chi connectivity index (χ0) is 16.9. The number of aliphatic hydroxyl groups is 1. The fourth-order valence-corrected chi connectivity index (χ4v) is 4.24. The van der Waals surface area contributed by atoms with Crippen LogP contribution < -0.4 is 14.2 Å². The molecule has 9 heteroatoms. The van der Waals surface area contributed by atoms with Gasteiger partial charge in [-0.05, 0) is 36.4 Å². The Morgan fingerprint density at radius 1 is 1.22 bits per heavy atom. The van der Waals surface area contributed by atoms with E-state index in [0.717, 1.165) is 11.3 Å². The summed E-state index contributed by atoms with van der Waals surface area (Å²) < 4.78 is 37.1. The lowest BCUT2D eigenvalue weighted by Crippen LogP contribution is -2.35. The largest absolute Gasteiger partial charge is 0.497 e. The van der Waals surface area contributed by atoms with Gasteiger partial charge in [0.05, 0.1) is 11.4 Å². The van der Waals surface area contributed by atoms with Gasteiger partial charge in [-0.3, -0.25) is 0 Å². The molecule has 0 aliphatic carbocycles. The average Bonchev–Trinajstić information content (AvgIpc) is 2.99. The smallest absolute Gasteiger partial charge is 0.250 e. The molecule has 126 valence electrons. The van der Waals surface area contributed by atoms with Crippen LogP contribution >= 0.6 is 22.9 Å². The van der Waals surface area contributed by atoms with Crippen LogP contribution in [-0.2, 0) is 10.0 Å². The van der Waals surface area contributed by atoms with Crippen LogP contribution in [0.2, 0.25) is 4.34 Å². The molecule has 0 radical (unpaired) electrons. The van der Waals surface area contributed by atoms with Crippen LogP contribution in [-0.4, -0.2) is 39.9 Å². The molecule has 1 aromatic carbocycles. The second-order valence-electron chi connectivity index (χ2n) is 4.55. The molecular weight excluding hydrogens is 362 g/mol. The van der Waals surface area contributed by atoms with E-state index >= 15 is 0 Å². The number of hydrogen-bond acceptors (Lipinski definition) is 6. The van der Waals surface area contributed by atoms with Gasteiger partial charge >= 0.3 is 0 Å². The van der Waals surface area contributed by atoms with E-state index in [2.05, 4.69) is 4.72 Å². The minimum atomic E-state index is -3.67. The van der Waals surface area contributed by atoms with Gasteiger partial charge in [-0.15, -0.1) is 11.3 Å². The number of nitrogens with one attached hydrogen (secondary N) is 1. The van der Waals surface area contributed by atoms with Crippen molar-refractivity contribution in [3.05, 3.63) is 40.7 Å². The lowest BCUT2D eigenvalue weighted by atomic mass is 10.3. The number of sulfonamides is 1. The van der Waals surface area contributed by atoms with Crippen LogP contribution in [0.15, 0.2) is 40.6 Å². The maximum absolute atomic E-state index is 12.0. The number of benzene rings is 1. The number of halogens is 1. The Labute approximate surface area is 143 Å². The summed E-state index contributed by atoms with van der Waals surface area (Å²) >= 11 is 6.67. The van der Waals surface area contributed by atoms with E-state index in [-0.39, 0.29) is 17.4 Å². The van der Waals surface area contributed by atoms with Crippen molar-refractivity contribution in [1.29, 1.82) is 0 Å². The summed E-state index contributed by atoms with van der Waals surface area (Å²) in [5.74, 6) is 1.25. The highest BCUT2D eigenvalue weighted by Gasteiger charge is 2.18. The van der Waals surface area contributed by atoms with Gasteiger partial charge in [0.25, 0.3) is 0 Å². The highest BCUT2D eigenvalue weighted by Crippen LogP contribution is 2.25. The lowest BCUT2D eigenvalue weighted by molar-refractivity contribution is 0.111. The van der Waals surface area contributed by atoms with Crippen molar-refractivity contribution in [3.63, 3.8) is 0 Å². The lowest BCUT2D eigenvalue weighted by Gasteiger charge is -2.13. The molecule has 2 rings (SSSR count). The second kappa shape index (κ2) is 7.98. The fraction of sp³-hybridized carbons (Fsp3) is 0.286. The zero-order valence-corrected chi connectivity index (χ0v) is 14.6. The molecule has 1 aromatic heterocycles. The first-order valence-electron chi connectivity index (χ1n) is 6.60. The first-order valence-corrected chi connectivity index (χ1v) is 9.28. The summed E-state index contributed by atoms with van der Waals surface area (Å²) in [7, 11) is -2.11. The minimum absolute atomic E-state index is 0.0416. The quantitative estimate of drug-likeness (QED) is 0.736. The molecule has 2 aromatic rings. The number of aliphatic hydroxyl groups excluding tert-OH is 1. The van der Waals surface area contributed by atoms with Crippen LogP contribution in [0.25, 0.3) is 0 Å². The molecule has 0 aliphatic rings. The number of methoxy groups -OCH3 is 1. The topological polar surface area (TPSA) is 84.9 Å². The van der Waals surface area contributed by atoms with Crippen molar-refractivity contribution in [2.24, 2.45) is 0 Å². The Balaban J connectivity index is 1.81. The van der Waals surface area contributed by atoms with Crippen LogP contribution in [0.4, 0.5) is 0 Å². The van der Waals surface area contributed by atoms with E-state index in [9.17, 15) is 13.5 Å². The molecule has 23 heavy (non-hydrogen) atoms. The van der Waals surface area contributed by atoms with Gasteiger partial charge in [0.2, 0.25) is 10.0 Å². The van der Waals surface area contributed by atoms with Gasteiger partial charge < -0.3 is 14.6 Å². The summed E-state index contributed by atoms with van der Waals surface area (Å²) in [6, 6.07) is 9.77. The third-order valence-corrected chi connectivity index (χ3v) is 5.97. The number of hydrogen-bond donors (Lipinski definition) is 2. The Morgan fingerprint density at radius 3 is 2.43 bits per heavy atom. The standard InChI is InChI=1S/C14H16ClNO5S2/c1-20-11-2-4-12(5-3-11)21-9-10(17)8-16-23(18,19)14-7-6-13(15)22-14/h2-7,10,16-17H,8-9H2,1H3. The Bertz CT molecular complexity index is 730. The molecule has 0 fully saturated rings. The summed E-state index contributed by atoms with van der Waals surface area (Å²) in [6.45, 7) is -0.200. The summed E-state index contributed by atoms with van der Waals surface area (Å²) in [6.07, 6.45) is -0.984. The predicted molar refractivity (Wildman–Crippen MR) is 89.0 cm³/mol. The van der Waals surface area contributed by atoms with Crippen LogP contribution in [0.3, 0.4) is 0 Å². The molecule has 1 unspecified atom stereocenters. The van der Waals surface area contributed by atoms with E-state index in [0.29, 0.717) is 15.8 Å². The van der Waals surface area contributed by atoms with Gasteiger partial charge in [-0.1, -0.05) is 11.6 Å². The summed E-state index contributed by atoms with van der Waals surface area (Å²) in [5, 5.41) is 9.83. The van der Waals surface area contributed by atoms with Gasteiger partial charge in [-0.25, -0.2) is 13.1 Å². The van der Waals surface area contributed by atoms with Crippen LogP contribution in [0.5, 0.6) is 11.5 Å². The molecule has 0 amide bonds. The highest BCUT2D eigenvalue weighted by molar-refractivity contribution is 7.91. The Morgan fingerprint density at radius 2 is 1.87 bits per heavy atom. The van der Waals surface area contributed by atoms with Crippen molar-refractivity contribution in [1.82, 2.24) is 4.72 Å². The maximum atomic E-state index is 12.0. The van der Waals surface area contributed by atoms with Gasteiger partial charge in [0.1, 0.15) is 28.4 Å². The van der Waals surface area contributed by atoms with Crippen molar-refractivity contribution in [3.8, 4) is 11.5 Å². The van der Waals surface area contributed by atoms with Gasteiger partial charge in [-0.2, -0.15) is 0 Å². The molecule has 2 N–H and O–H groups in total. The summed E-state index contributed by atoms with van der Waals surface area (Å²) in [4.78, 5) is 0. The molecule has 0 spiro atoms. The molecule has 0 aliphatic heterocycles. The summed E-state index contributed by atoms with van der Waals surface area (Å²) in [5.41, 5.74) is 0.